The Morgan fingerprint density at radius 2 is 1.50 bits per heavy atom. The van der Waals surface area contributed by atoms with Gasteiger partial charge in [-0.25, -0.2) is 4.39 Å². The first kappa shape index (κ1) is 32.3. The van der Waals surface area contributed by atoms with E-state index in [0.717, 1.165) is 31.5 Å². The fourth-order valence-electron chi connectivity index (χ4n) is 2.21. The average molecular weight is 369 g/mol. The van der Waals surface area contributed by atoms with E-state index in [2.05, 4.69) is 31.1 Å². The van der Waals surface area contributed by atoms with E-state index in [1.807, 2.05) is 55.4 Å². The van der Waals surface area contributed by atoms with Crippen LogP contribution in [0.1, 0.15) is 81.6 Å². The molecule has 0 aromatic heterocycles. The van der Waals surface area contributed by atoms with Crippen LogP contribution in [0.15, 0.2) is 36.7 Å². The zero-order valence-electron chi connectivity index (χ0n) is 19.1. The van der Waals surface area contributed by atoms with Crippen LogP contribution in [0.5, 0.6) is 0 Å². The highest BCUT2D eigenvalue weighted by Gasteiger charge is 2.29. The summed E-state index contributed by atoms with van der Waals surface area (Å²) in [6, 6.07) is 2.26. The van der Waals surface area contributed by atoms with Gasteiger partial charge in [-0.2, -0.15) is 5.26 Å². The second kappa shape index (κ2) is 23.6. The summed E-state index contributed by atoms with van der Waals surface area (Å²) in [6.07, 6.45) is 5.26. The van der Waals surface area contributed by atoms with Crippen LogP contribution >= 0.6 is 0 Å². The molecule has 1 saturated heterocycles. The number of allylic oxidation sites excluding steroid dienone is 2. The van der Waals surface area contributed by atoms with E-state index in [-0.39, 0.29) is 11.2 Å². The van der Waals surface area contributed by atoms with Crippen molar-refractivity contribution in [3.05, 3.63) is 36.7 Å². The van der Waals surface area contributed by atoms with Gasteiger partial charge in [0, 0.05) is 13.0 Å². The van der Waals surface area contributed by atoms with Gasteiger partial charge in [0.1, 0.15) is 5.83 Å². The van der Waals surface area contributed by atoms with Crippen molar-refractivity contribution < 1.29 is 4.39 Å². The molecule has 0 saturated carbocycles. The van der Waals surface area contributed by atoms with Gasteiger partial charge in [-0.15, -0.1) is 0 Å². The predicted molar refractivity (Wildman–Crippen MR) is 118 cm³/mol. The average Bonchev–Trinajstić information content (AvgIpc) is 2.70. The van der Waals surface area contributed by atoms with Gasteiger partial charge in [0.05, 0.1) is 6.07 Å². The zero-order chi connectivity index (χ0) is 21.6. The van der Waals surface area contributed by atoms with Gasteiger partial charge in [-0.1, -0.05) is 75.5 Å². The molecule has 154 valence electrons. The van der Waals surface area contributed by atoms with E-state index in [4.69, 9.17) is 5.26 Å². The van der Waals surface area contributed by atoms with E-state index in [1.165, 1.54) is 12.2 Å². The van der Waals surface area contributed by atoms with E-state index in [9.17, 15) is 4.39 Å². The van der Waals surface area contributed by atoms with Gasteiger partial charge >= 0.3 is 0 Å². The molecule has 0 aliphatic carbocycles. The summed E-state index contributed by atoms with van der Waals surface area (Å²) >= 11 is 0. The zero-order valence-corrected chi connectivity index (χ0v) is 19.1. The minimum Gasteiger partial charge on any atom is -0.299 e. The third kappa shape index (κ3) is 17.4. The van der Waals surface area contributed by atoms with Crippen LogP contribution in [0, 0.1) is 16.7 Å². The molecule has 0 bridgehead atoms. The summed E-state index contributed by atoms with van der Waals surface area (Å²) in [7, 11) is 0. The highest BCUT2D eigenvalue weighted by atomic mass is 19.1. The van der Waals surface area contributed by atoms with Crippen LogP contribution in [0.25, 0.3) is 0 Å². The third-order valence-corrected chi connectivity index (χ3v) is 3.53. The molecule has 0 unspecified atom stereocenters. The van der Waals surface area contributed by atoms with Crippen molar-refractivity contribution in [2.45, 2.75) is 81.6 Å². The molecule has 0 amide bonds. The monoisotopic (exact) mass is 368 g/mol. The third-order valence-electron chi connectivity index (χ3n) is 3.53. The van der Waals surface area contributed by atoms with Gasteiger partial charge < -0.3 is 0 Å². The molecule has 26 heavy (non-hydrogen) atoms. The lowest BCUT2D eigenvalue weighted by molar-refractivity contribution is 0.130. The molecular formula is C23H45FN2. The Balaban J connectivity index is -0.000000266. The first-order valence-corrected chi connectivity index (χ1v) is 10.3. The first-order valence-electron chi connectivity index (χ1n) is 10.3. The highest BCUT2D eigenvalue weighted by Crippen LogP contribution is 2.34. The lowest BCUT2D eigenvalue weighted by Gasteiger charge is -2.38. The standard InChI is InChI=1S/C15H21FN2.4C2H6/c1-4-14(16)11-13(2)12-18-9-6-15(3,5-8-17)7-10-18;4*1-2/h4,11H,1-2,5-7,9-10,12H2,3H3;4*1-2H3/b14-11+;;;;. The summed E-state index contributed by atoms with van der Waals surface area (Å²) in [5.74, 6) is -0.341. The second-order valence-electron chi connectivity index (χ2n) is 5.31. The quantitative estimate of drug-likeness (QED) is 0.465. The fourth-order valence-corrected chi connectivity index (χ4v) is 2.21. The normalized spacial score (nSPS) is 14.9. The summed E-state index contributed by atoms with van der Waals surface area (Å²) in [4.78, 5) is 2.26. The molecule has 0 atom stereocenters. The minimum absolute atomic E-state index is 0.148. The van der Waals surface area contributed by atoms with Gasteiger partial charge in [0.25, 0.3) is 0 Å². The number of rotatable bonds is 5. The Hall–Kier alpha value is -1.40. The van der Waals surface area contributed by atoms with Crippen molar-refractivity contribution in [3.8, 4) is 6.07 Å². The molecule has 0 radical (unpaired) electrons. The Morgan fingerprint density at radius 1 is 1.08 bits per heavy atom. The Morgan fingerprint density at radius 3 is 1.85 bits per heavy atom. The Bertz CT molecular complexity index is 384. The number of nitriles is 1. The van der Waals surface area contributed by atoms with Crippen molar-refractivity contribution >= 4 is 0 Å². The maximum atomic E-state index is 13.0. The Kier molecular flexibility index (Phi) is 29.3. The first-order chi connectivity index (χ1) is 12.5. The van der Waals surface area contributed by atoms with Crippen molar-refractivity contribution in [2.75, 3.05) is 19.6 Å². The number of hydrogen-bond acceptors (Lipinski definition) is 2. The van der Waals surface area contributed by atoms with Crippen LogP contribution in [0.4, 0.5) is 4.39 Å². The molecule has 1 aliphatic rings. The van der Waals surface area contributed by atoms with Crippen LogP contribution in [0.3, 0.4) is 0 Å². The van der Waals surface area contributed by atoms with Crippen molar-refractivity contribution in [2.24, 2.45) is 5.41 Å². The molecule has 1 aliphatic heterocycles. The minimum atomic E-state index is -0.341. The topological polar surface area (TPSA) is 27.0 Å². The summed E-state index contributed by atoms with van der Waals surface area (Å²) in [6.45, 7) is 28.0. The molecule has 0 aromatic carbocycles. The van der Waals surface area contributed by atoms with E-state index < -0.39 is 0 Å². The largest absolute Gasteiger partial charge is 0.299 e. The maximum Gasteiger partial charge on any atom is 0.122 e. The molecule has 0 aromatic rings. The number of halogens is 1. The van der Waals surface area contributed by atoms with Crippen molar-refractivity contribution in [1.29, 1.82) is 5.26 Å². The molecule has 0 spiro atoms. The van der Waals surface area contributed by atoms with Crippen LogP contribution in [-0.4, -0.2) is 24.5 Å². The van der Waals surface area contributed by atoms with E-state index in [0.29, 0.717) is 13.0 Å². The SMILES string of the molecule is C=C/C(F)=C\C(=C)CN1CCC(C)(CC#N)CC1.CC.CC.CC.CC. The summed E-state index contributed by atoms with van der Waals surface area (Å²) in [5, 5.41) is 8.78. The molecule has 2 nitrogen and oxygen atoms in total. The molecular weight excluding hydrogens is 323 g/mol. The Labute approximate surface area is 164 Å². The fraction of sp³-hybridized carbons (Fsp3) is 0.696. The van der Waals surface area contributed by atoms with Crippen molar-refractivity contribution in [1.82, 2.24) is 4.90 Å². The van der Waals surface area contributed by atoms with Gasteiger partial charge in [0.2, 0.25) is 0 Å². The van der Waals surface area contributed by atoms with Gasteiger partial charge in [0.15, 0.2) is 0 Å². The van der Waals surface area contributed by atoms with E-state index >= 15 is 0 Å². The lowest BCUT2D eigenvalue weighted by Crippen LogP contribution is -2.39. The molecule has 1 rings (SSSR count). The highest BCUT2D eigenvalue weighted by molar-refractivity contribution is 5.23. The number of piperidine rings is 1. The number of likely N-dealkylation sites (tertiary alicyclic amines) is 1. The maximum absolute atomic E-state index is 13.0. The number of nitrogens with zero attached hydrogens (tertiary/aromatic N) is 2. The van der Waals surface area contributed by atoms with Crippen LogP contribution in [0.2, 0.25) is 0 Å². The predicted octanol–water partition coefficient (Wildman–Crippen LogP) is 7.70. The van der Waals surface area contributed by atoms with E-state index in [1.54, 1.807) is 0 Å². The molecule has 3 heteroatoms. The summed E-state index contributed by atoms with van der Waals surface area (Å²) < 4.78 is 13.0. The number of hydrogen-bond donors (Lipinski definition) is 0. The van der Waals surface area contributed by atoms with Gasteiger partial charge in [-0.05, 0) is 49.1 Å². The smallest absolute Gasteiger partial charge is 0.122 e. The van der Waals surface area contributed by atoms with Crippen LogP contribution < -0.4 is 0 Å². The molecule has 1 heterocycles. The molecule has 0 N–H and O–H groups in total. The van der Waals surface area contributed by atoms with Crippen molar-refractivity contribution in [3.63, 3.8) is 0 Å². The molecule has 1 fully saturated rings. The summed E-state index contributed by atoms with van der Waals surface area (Å²) in [5.41, 5.74) is 0.908. The van der Waals surface area contributed by atoms with Crippen LogP contribution in [-0.2, 0) is 0 Å². The van der Waals surface area contributed by atoms with Gasteiger partial charge in [-0.3, -0.25) is 4.90 Å². The lowest BCUT2D eigenvalue weighted by atomic mass is 9.78. The second-order valence-corrected chi connectivity index (χ2v) is 5.31.